The largest absolute Gasteiger partial charge is 0.386 e. The molecule has 1 atom stereocenters. The van der Waals surface area contributed by atoms with Crippen LogP contribution in [0.1, 0.15) is 25.5 Å². The Kier molecular flexibility index (Phi) is 4.04. The number of benzene rings is 1. The number of hydrogen-bond acceptors (Lipinski definition) is 2. The van der Waals surface area contributed by atoms with E-state index in [4.69, 9.17) is 4.74 Å². The third-order valence-electron chi connectivity index (χ3n) is 1.85. The highest BCUT2D eigenvalue weighted by atomic mass is 19.1. The number of hydrogen-bond donors (Lipinski definition) is 1. The van der Waals surface area contributed by atoms with Gasteiger partial charge in [-0.1, -0.05) is 18.2 Å². The van der Waals surface area contributed by atoms with E-state index in [0.717, 1.165) is 0 Å². The SMILES string of the molecule is CC(C)OCC(O)c1ccccc1F. The van der Waals surface area contributed by atoms with Crippen molar-refractivity contribution in [3.63, 3.8) is 0 Å². The fourth-order valence-corrected chi connectivity index (χ4v) is 1.12. The molecule has 0 bridgehead atoms. The standard InChI is InChI=1S/C11H15FO2/c1-8(2)14-7-11(13)9-5-3-4-6-10(9)12/h3-6,8,11,13H,7H2,1-2H3. The Bertz CT molecular complexity index is 286. The predicted molar refractivity (Wildman–Crippen MR) is 52.4 cm³/mol. The molecular formula is C11H15FO2. The van der Waals surface area contributed by atoms with Crippen LogP contribution in [0.4, 0.5) is 4.39 Å². The molecule has 78 valence electrons. The van der Waals surface area contributed by atoms with Gasteiger partial charge in [-0.3, -0.25) is 0 Å². The van der Waals surface area contributed by atoms with Crippen molar-refractivity contribution in [3.05, 3.63) is 35.6 Å². The number of halogens is 1. The lowest BCUT2D eigenvalue weighted by atomic mass is 10.1. The van der Waals surface area contributed by atoms with Crippen molar-refractivity contribution in [2.45, 2.75) is 26.1 Å². The highest BCUT2D eigenvalue weighted by Gasteiger charge is 2.12. The van der Waals surface area contributed by atoms with Gasteiger partial charge in [-0.25, -0.2) is 4.39 Å². The topological polar surface area (TPSA) is 29.5 Å². The summed E-state index contributed by atoms with van der Waals surface area (Å²) >= 11 is 0. The molecule has 1 N–H and O–H groups in total. The first-order valence-corrected chi connectivity index (χ1v) is 4.65. The van der Waals surface area contributed by atoms with Gasteiger partial charge in [0.1, 0.15) is 11.9 Å². The minimum Gasteiger partial charge on any atom is -0.386 e. The predicted octanol–water partition coefficient (Wildman–Crippen LogP) is 2.28. The first kappa shape index (κ1) is 11.1. The third-order valence-corrected chi connectivity index (χ3v) is 1.85. The summed E-state index contributed by atoms with van der Waals surface area (Å²) in [6.45, 7) is 3.86. The van der Waals surface area contributed by atoms with Gasteiger partial charge in [-0.2, -0.15) is 0 Å². The molecule has 1 rings (SSSR count). The molecule has 0 saturated carbocycles. The van der Waals surface area contributed by atoms with Crippen LogP contribution in [0, 0.1) is 5.82 Å². The van der Waals surface area contributed by atoms with E-state index < -0.39 is 11.9 Å². The van der Waals surface area contributed by atoms with Crippen LogP contribution in [0.3, 0.4) is 0 Å². The zero-order valence-electron chi connectivity index (χ0n) is 8.40. The Balaban J connectivity index is 2.60. The normalized spacial score (nSPS) is 13.2. The quantitative estimate of drug-likeness (QED) is 0.804. The maximum atomic E-state index is 13.1. The molecule has 1 aromatic carbocycles. The summed E-state index contributed by atoms with van der Waals surface area (Å²) in [5, 5.41) is 9.59. The van der Waals surface area contributed by atoms with E-state index in [0.29, 0.717) is 0 Å². The van der Waals surface area contributed by atoms with Crippen LogP contribution < -0.4 is 0 Å². The summed E-state index contributed by atoms with van der Waals surface area (Å²) in [4.78, 5) is 0. The number of aliphatic hydroxyl groups is 1. The number of rotatable bonds is 4. The molecule has 14 heavy (non-hydrogen) atoms. The molecule has 1 aromatic rings. The van der Waals surface area contributed by atoms with Crippen molar-refractivity contribution in [1.29, 1.82) is 0 Å². The summed E-state index contributed by atoms with van der Waals surface area (Å²) in [7, 11) is 0. The fourth-order valence-electron chi connectivity index (χ4n) is 1.12. The van der Waals surface area contributed by atoms with Crippen LogP contribution in [0.2, 0.25) is 0 Å². The van der Waals surface area contributed by atoms with Gasteiger partial charge < -0.3 is 9.84 Å². The Labute approximate surface area is 83.3 Å². The van der Waals surface area contributed by atoms with E-state index in [9.17, 15) is 9.50 Å². The summed E-state index contributed by atoms with van der Waals surface area (Å²) < 4.78 is 18.3. The van der Waals surface area contributed by atoms with E-state index in [1.807, 2.05) is 13.8 Å². The summed E-state index contributed by atoms with van der Waals surface area (Å²) in [6, 6.07) is 6.17. The fraction of sp³-hybridized carbons (Fsp3) is 0.455. The van der Waals surface area contributed by atoms with Crippen LogP contribution in [-0.2, 0) is 4.74 Å². The molecule has 0 spiro atoms. The van der Waals surface area contributed by atoms with Crippen LogP contribution in [0.25, 0.3) is 0 Å². The lowest BCUT2D eigenvalue weighted by Gasteiger charge is -2.14. The lowest BCUT2D eigenvalue weighted by molar-refractivity contribution is 0.00360. The molecule has 1 unspecified atom stereocenters. The van der Waals surface area contributed by atoms with Gasteiger partial charge in [0.05, 0.1) is 12.7 Å². The minimum absolute atomic E-state index is 0.0384. The van der Waals surface area contributed by atoms with E-state index in [1.165, 1.54) is 6.07 Å². The highest BCUT2D eigenvalue weighted by molar-refractivity contribution is 5.19. The summed E-state index contributed by atoms with van der Waals surface area (Å²) in [5.74, 6) is -0.396. The van der Waals surface area contributed by atoms with Crippen molar-refractivity contribution >= 4 is 0 Å². The van der Waals surface area contributed by atoms with E-state index >= 15 is 0 Å². The average Bonchev–Trinajstić information content (AvgIpc) is 2.15. The Morgan fingerprint density at radius 1 is 1.36 bits per heavy atom. The zero-order chi connectivity index (χ0) is 10.6. The lowest BCUT2D eigenvalue weighted by Crippen LogP contribution is -2.12. The van der Waals surface area contributed by atoms with E-state index in [-0.39, 0.29) is 18.3 Å². The van der Waals surface area contributed by atoms with Gasteiger partial charge in [0.15, 0.2) is 0 Å². The highest BCUT2D eigenvalue weighted by Crippen LogP contribution is 2.16. The Morgan fingerprint density at radius 2 is 2.00 bits per heavy atom. The molecule has 0 fully saturated rings. The smallest absolute Gasteiger partial charge is 0.129 e. The van der Waals surface area contributed by atoms with Crippen molar-refractivity contribution in [3.8, 4) is 0 Å². The van der Waals surface area contributed by atoms with Gasteiger partial charge in [0.25, 0.3) is 0 Å². The maximum absolute atomic E-state index is 13.1. The molecular weight excluding hydrogens is 183 g/mol. The monoisotopic (exact) mass is 198 g/mol. The second-order valence-electron chi connectivity index (χ2n) is 3.42. The van der Waals surface area contributed by atoms with Crippen LogP contribution >= 0.6 is 0 Å². The molecule has 0 radical (unpaired) electrons. The van der Waals surface area contributed by atoms with Crippen molar-refractivity contribution in [2.75, 3.05) is 6.61 Å². The molecule has 0 aliphatic rings. The molecule has 0 saturated heterocycles. The van der Waals surface area contributed by atoms with Crippen LogP contribution in [0.5, 0.6) is 0 Å². The van der Waals surface area contributed by atoms with Crippen LogP contribution in [0.15, 0.2) is 24.3 Å². The molecule has 0 heterocycles. The summed E-state index contributed by atoms with van der Waals surface area (Å²) in [6.07, 6.45) is -0.852. The first-order valence-electron chi connectivity index (χ1n) is 4.65. The van der Waals surface area contributed by atoms with Gasteiger partial charge in [0.2, 0.25) is 0 Å². The van der Waals surface area contributed by atoms with Crippen LogP contribution in [-0.4, -0.2) is 17.8 Å². The van der Waals surface area contributed by atoms with Gasteiger partial charge in [-0.15, -0.1) is 0 Å². The van der Waals surface area contributed by atoms with Gasteiger partial charge in [0, 0.05) is 5.56 Å². The average molecular weight is 198 g/mol. The van der Waals surface area contributed by atoms with Crippen molar-refractivity contribution in [2.24, 2.45) is 0 Å². The summed E-state index contributed by atoms with van der Waals surface area (Å²) in [5.41, 5.74) is 0.285. The molecule has 0 aliphatic carbocycles. The molecule has 0 aromatic heterocycles. The van der Waals surface area contributed by atoms with Crippen molar-refractivity contribution < 1.29 is 14.2 Å². The minimum atomic E-state index is -0.890. The molecule has 0 amide bonds. The molecule has 3 heteroatoms. The number of ether oxygens (including phenoxy) is 1. The Hall–Kier alpha value is -0.930. The van der Waals surface area contributed by atoms with Gasteiger partial charge in [-0.05, 0) is 19.9 Å². The first-order chi connectivity index (χ1) is 6.61. The van der Waals surface area contributed by atoms with E-state index in [1.54, 1.807) is 18.2 Å². The van der Waals surface area contributed by atoms with Gasteiger partial charge >= 0.3 is 0 Å². The maximum Gasteiger partial charge on any atom is 0.129 e. The third kappa shape index (κ3) is 3.09. The Morgan fingerprint density at radius 3 is 2.57 bits per heavy atom. The second-order valence-corrected chi connectivity index (χ2v) is 3.42. The molecule has 0 aliphatic heterocycles. The van der Waals surface area contributed by atoms with E-state index in [2.05, 4.69) is 0 Å². The second kappa shape index (κ2) is 5.08. The molecule has 2 nitrogen and oxygen atoms in total. The number of aliphatic hydroxyl groups excluding tert-OH is 1. The van der Waals surface area contributed by atoms with Crippen molar-refractivity contribution in [1.82, 2.24) is 0 Å². The zero-order valence-corrected chi connectivity index (χ0v) is 8.40.